The lowest BCUT2D eigenvalue weighted by Gasteiger charge is -2.35. The topological polar surface area (TPSA) is 42.4 Å². The van der Waals surface area contributed by atoms with Crippen molar-refractivity contribution in [2.75, 3.05) is 14.2 Å². The van der Waals surface area contributed by atoms with Gasteiger partial charge in [0.25, 0.3) is 0 Å². The van der Waals surface area contributed by atoms with Crippen molar-refractivity contribution < 1.29 is 9.53 Å². The van der Waals surface area contributed by atoms with Crippen molar-refractivity contribution >= 4 is 5.91 Å². The van der Waals surface area contributed by atoms with Crippen LogP contribution in [0.4, 0.5) is 0 Å². The van der Waals surface area contributed by atoms with Crippen molar-refractivity contribution in [2.24, 2.45) is 0 Å². The molecular weight excluding hydrogens is 312 g/mol. The SMILES string of the molecule is COc1ccc(C2(C(=O)N(C)[C@H](C)c3ccccn3)CCCC2)cc1. The minimum absolute atomic E-state index is 0.0515. The molecule has 1 fully saturated rings. The van der Waals surface area contributed by atoms with Gasteiger partial charge in [0.15, 0.2) is 0 Å². The Kier molecular flexibility index (Phi) is 5.07. The molecule has 1 atom stereocenters. The number of methoxy groups -OCH3 is 1. The maximum absolute atomic E-state index is 13.5. The predicted molar refractivity (Wildman–Crippen MR) is 98.6 cm³/mol. The summed E-state index contributed by atoms with van der Waals surface area (Å²) in [6.07, 6.45) is 5.75. The zero-order chi connectivity index (χ0) is 17.9. The minimum Gasteiger partial charge on any atom is -0.497 e. The lowest BCUT2D eigenvalue weighted by molar-refractivity contribution is -0.138. The first-order valence-corrected chi connectivity index (χ1v) is 8.91. The molecule has 4 nitrogen and oxygen atoms in total. The van der Waals surface area contributed by atoms with Gasteiger partial charge in [-0.25, -0.2) is 0 Å². The van der Waals surface area contributed by atoms with Gasteiger partial charge in [-0.15, -0.1) is 0 Å². The van der Waals surface area contributed by atoms with Crippen molar-refractivity contribution in [3.8, 4) is 5.75 Å². The Labute approximate surface area is 149 Å². The van der Waals surface area contributed by atoms with Gasteiger partial charge in [-0.05, 0) is 49.6 Å². The Bertz CT molecular complexity index is 706. The van der Waals surface area contributed by atoms with Gasteiger partial charge in [0.1, 0.15) is 5.75 Å². The summed E-state index contributed by atoms with van der Waals surface area (Å²) in [6.45, 7) is 2.04. The third-order valence-electron chi connectivity index (χ3n) is 5.53. The van der Waals surface area contributed by atoms with E-state index in [0.717, 1.165) is 42.7 Å². The normalized spacial score (nSPS) is 17.1. The van der Waals surface area contributed by atoms with Gasteiger partial charge >= 0.3 is 0 Å². The van der Waals surface area contributed by atoms with Crippen LogP contribution in [0.2, 0.25) is 0 Å². The summed E-state index contributed by atoms with van der Waals surface area (Å²) in [7, 11) is 3.55. The Morgan fingerprint density at radius 2 is 1.84 bits per heavy atom. The fourth-order valence-corrected chi connectivity index (χ4v) is 3.85. The summed E-state index contributed by atoms with van der Waals surface area (Å²) in [4.78, 5) is 19.8. The van der Waals surface area contributed by atoms with Crippen LogP contribution in [0.3, 0.4) is 0 Å². The number of nitrogens with zero attached hydrogens (tertiary/aromatic N) is 2. The third-order valence-corrected chi connectivity index (χ3v) is 5.53. The monoisotopic (exact) mass is 338 g/mol. The van der Waals surface area contributed by atoms with Crippen LogP contribution in [0.15, 0.2) is 48.7 Å². The van der Waals surface area contributed by atoms with E-state index in [1.54, 1.807) is 13.3 Å². The number of aromatic nitrogens is 1. The highest BCUT2D eigenvalue weighted by Gasteiger charge is 2.45. The van der Waals surface area contributed by atoms with E-state index in [4.69, 9.17) is 4.74 Å². The predicted octanol–water partition coefficient (Wildman–Crippen LogP) is 4.12. The highest BCUT2D eigenvalue weighted by atomic mass is 16.5. The second-order valence-electron chi connectivity index (χ2n) is 6.86. The minimum atomic E-state index is -0.427. The molecule has 132 valence electrons. The Hall–Kier alpha value is -2.36. The lowest BCUT2D eigenvalue weighted by Crippen LogP contribution is -2.44. The molecule has 1 aliphatic rings. The number of carbonyl (C=O) groups is 1. The average Bonchev–Trinajstić information content (AvgIpc) is 3.18. The Balaban J connectivity index is 1.90. The average molecular weight is 338 g/mol. The molecule has 1 aromatic carbocycles. The van der Waals surface area contributed by atoms with Crippen LogP contribution in [0.25, 0.3) is 0 Å². The highest BCUT2D eigenvalue weighted by molar-refractivity contribution is 5.88. The smallest absolute Gasteiger partial charge is 0.233 e. The van der Waals surface area contributed by atoms with Gasteiger partial charge < -0.3 is 9.64 Å². The molecular formula is C21H26N2O2. The van der Waals surface area contributed by atoms with Crippen molar-refractivity contribution in [1.82, 2.24) is 9.88 Å². The van der Waals surface area contributed by atoms with Crippen molar-refractivity contribution in [2.45, 2.75) is 44.1 Å². The highest BCUT2D eigenvalue weighted by Crippen LogP contribution is 2.43. The Morgan fingerprint density at radius 1 is 1.16 bits per heavy atom. The summed E-state index contributed by atoms with van der Waals surface area (Å²) >= 11 is 0. The van der Waals surface area contributed by atoms with Gasteiger partial charge in [-0.1, -0.05) is 31.0 Å². The number of amides is 1. The van der Waals surface area contributed by atoms with E-state index in [-0.39, 0.29) is 11.9 Å². The van der Waals surface area contributed by atoms with E-state index in [1.807, 2.05) is 61.3 Å². The van der Waals surface area contributed by atoms with E-state index < -0.39 is 5.41 Å². The largest absolute Gasteiger partial charge is 0.497 e. The van der Waals surface area contributed by atoms with E-state index >= 15 is 0 Å². The molecule has 1 saturated carbocycles. The van der Waals surface area contributed by atoms with Crippen molar-refractivity contribution in [1.29, 1.82) is 0 Å². The summed E-state index contributed by atoms with van der Waals surface area (Å²) in [5.41, 5.74) is 1.58. The molecule has 0 aliphatic heterocycles. The third kappa shape index (κ3) is 3.26. The standard InChI is InChI=1S/C21H26N2O2/c1-16(19-8-4-7-15-22-19)23(2)20(24)21(13-5-6-14-21)17-9-11-18(25-3)12-10-17/h4,7-12,15-16H,5-6,13-14H2,1-3H3/t16-/m1/s1. The fourth-order valence-electron chi connectivity index (χ4n) is 3.85. The number of likely N-dealkylation sites (N-methyl/N-ethyl adjacent to an activating group) is 1. The first-order chi connectivity index (χ1) is 12.1. The Morgan fingerprint density at radius 3 is 2.40 bits per heavy atom. The maximum Gasteiger partial charge on any atom is 0.233 e. The van der Waals surface area contributed by atoms with Gasteiger partial charge in [-0.3, -0.25) is 9.78 Å². The quantitative estimate of drug-likeness (QED) is 0.823. The maximum atomic E-state index is 13.5. The second-order valence-corrected chi connectivity index (χ2v) is 6.86. The van der Waals surface area contributed by atoms with Crippen molar-refractivity contribution in [3.05, 3.63) is 59.9 Å². The van der Waals surface area contributed by atoms with Crippen LogP contribution in [0.5, 0.6) is 5.75 Å². The van der Waals surface area contributed by atoms with Gasteiger partial charge in [-0.2, -0.15) is 0 Å². The zero-order valence-corrected chi connectivity index (χ0v) is 15.2. The molecule has 0 unspecified atom stereocenters. The van der Waals surface area contributed by atoms with E-state index in [9.17, 15) is 4.79 Å². The number of hydrogen-bond acceptors (Lipinski definition) is 3. The van der Waals surface area contributed by atoms with E-state index in [1.165, 1.54) is 0 Å². The van der Waals surface area contributed by atoms with Crippen LogP contribution >= 0.6 is 0 Å². The molecule has 0 saturated heterocycles. The van der Waals surface area contributed by atoms with Crippen LogP contribution in [-0.4, -0.2) is 29.9 Å². The summed E-state index contributed by atoms with van der Waals surface area (Å²) < 4.78 is 5.27. The zero-order valence-electron chi connectivity index (χ0n) is 15.2. The van der Waals surface area contributed by atoms with Crippen LogP contribution < -0.4 is 4.74 Å². The molecule has 1 aromatic heterocycles. The molecule has 4 heteroatoms. The first kappa shape index (κ1) is 17.5. The second kappa shape index (κ2) is 7.26. The lowest BCUT2D eigenvalue weighted by atomic mass is 9.77. The first-order valence-electron chi connectivity index (χ1n) is 8.91. The molecule has 3 rings (SSSR count). The molecule has 0 spiro atoms. The molecule has 1 heterocycles. The molecule has 1 aliphatic carbocycles. The van der Waals surface area contributed by atoms with Crippen molar-refractivity contribution in [3.63, 3.8) is 0 Å². The summed E-state index contributed by atoms with van der Waals surface area (Å²) in [5.74, 6) is 1.01. The number of ether oxygens (including phenoxy) is 1. The number of hydrogen-bond donors (Lipinski definition) is 0. The number of benzene rings is 1. The fraction of sp³-hybridized carbons (Fsp3) is 0.429. The molecule has 0 N–H and O–H groups in total. The number of carbonyl (C=O) groups excluding carboxylic acids is 1. The summed E-state index contributed by atoms with van der Waals surface area (Å²) in [5, 5.41) is 0. The van der Waals surface area contributed by atoms with E-state index in [2.05, 4.69) is 4.98 Å². The molecule has 2 aromatic rings. The molecule has 1 amide bonds. The number of pyridine rings is 1. The molecule has 0 bridgehead atoms. The van der Waals surface area contributed by atoms with Crippen LogP contribution in [0, 0.1) is 0 Å². The van der Waals surface area contributed by atoms with Gasteiger partial charge in [0, 0.05) is 13.2 Å². The summed E-state index contributed by atoms with van der Waals surface area (Å²) in [6, 6.07) is 13.8. The van der Waals surface area contributed by atoms with Crippen LogP contribution in [-0.2, 0) is 10.2 Å². The van der Waals surface area contributed by atoms with Crippen LogP contribution in [0.1, 0.15) is 49.9 Å². The van der Waals surface area contributed by atoms with Gasteiger partial charge in [0.05, 0.1) is 24.3 Å². The molecule has 25 heavy (non-hydrogen) atoms. The number of rotatable bonds is 5. The van der Waals surface area contributed by atoms with Gasteiger partial charge in [0.2, 0.25) is 5.91 Å². The van der Waals surface area contributed by atoms with E-state index in [0.29, 0.717) is 0 Å². The molecule has 0 radical (unpaired) electrons.